The standard InChI is InChI=1S/C20H21N3O2S/c1-21-18(24)13-9-16-7-11-17(12-8-16)22-20(26)23-19(25)14-10-15-5-3-2-4-6-15/h2-8,10-12,14H,9,13H2,1H3,(H,21,24)(H2,22,23,25,26)/b14-10+. The summed E-state index contributed by atoms with van der Waals surface area (Å²) in [6.07, 6.45) is 4.28. The van der Waals surface area contributed by atoms with Crippen LogP contribution in [0.1, 0.15) is 17.5 Å². The van der Waals surface area contributed by atoms with Crippen LogP contribution in [-0.4, -0.2) is 24.0 Å². The Morgan fingerprint density at radius 1 is 1.04 bits per heavy atom. The molecule has 0 atom stereocenters. The van der Waals surface area contributed by atoms with Crippen molar-refractivity contribution in [1.29, 1.82) is 0 Å². The van der Waals surface area contributed by atoms with Crippen molar-refractivity contribution in [3.05, 3.63) is 71.8 Å². The summed E-state index contributed by atoms with van der Waals surface area (Å²) in [5, 5.41) is 8.39. The summed E-state index contributed by atoms with van der Waals surface area (Å²) in [5.41, 5.74) is 2.76. The lowest BCUT2D eigenvalue weighted by Gasteiger charge is -2.09. The topological polar surface area (TPSA) is 70.2 Å². The van der Waals surface area contributed by atoms with Crippen LogP contribution < -0.4 is 16.0 Å². The fourth-order valence-corrected chi connectivity index (χ4v) is 2.41. The van der Waals surface area contributed by atoms with Gasteiger partial charge in [-0.25, -0.2) is 0 Å². The van der Waals surface area contributed by atoms with Gasteiger partial charge in [0.15, 0.2) is 5.11 Å². The second kappa shape index (κ2) is 10.1. The Bertz CT molecular complexity index is 786. The zero-order valence-corrected chi connectivity index (χ0v) is 15.3. The van der Waals surface area contributed by atoms with E-state index in [1.165, 1.54) is 6.08 Å². The number of hydrogen-bond donors (Lipinski definition) is 3. The molecular formula is C20H21N3O2S. The zero-order chi connectivity index (χ0) is 18.8. The highest BCUT2D eigenvalue weighted by molar-refractivity contribution is 7.80. The van der Waals surface area contributed by atoms with Crippen molar-refractivity contribution in [2.75, 3.05) is 12.4 Å². The van der Waals surface area contributed by atoms with Crippen molar-refractivity contribution in [1.82, 2.24) is 10.6 Å². The summed E-state index contributed by atoms with van der Waals surface area (Å²) < 4.78 is 0. The third-order valence-corrected chi connectivity index (χ3v) is 3.80. The fourth-order valence-electron chi connectivity index (χ4n) is 2.19. The Labute approximate surface area is 158 Å². The molecule has 5 nitrogen and oxygen atoms in total. The summed E-state index contributed by atoms with van der Waals surface area (Å²) >= 11 is 5.15. The highest BCUT2D eigenvalue weighted by atomic mass is 32.1. The molecule has 0 spiro atoms. The normalized spacial score (nSPS) is 10.3. The van der Waals surface area contributed by atoms with Crippen LogP contribution in [0.3, 0.4) is 0 Å². The molecule has 134 valence electrons. The maximum Gasteiger partial charge on any atom is 0.250 e. The number of amides is 2. The summed E-state index contributed by atoms with van der Waals surface area (Å²) in [6.45, 7) is 0. The minimum Gasteiger partial charge on any atom is -0.359 e. The average Bonchev–Trinajstić information content (AvgIpc) is 2.66. The molecule has 2 aromatic rings. The largest absolute Gasteiger partial charge is 0.359 e. The molecule has 0 aliphatic carbocycles. The molecule has 0 aromatic heterocycles. The van der Waals surface area contributed by atoms with Gasteiger partial charge in [-0.15, -0.1) is 0 Å². The van der Waals surface area contributed by atoms with Gasteiger partial charge >= 0.3 is 0 Å². The van der Waals surface area contributed by atoms with E-state index >= 15 is 0 Å². The number of carbonyl (C=O) groups excluding carboxylic acids is 2. The molecule has 6 heteroatoms. The first-order valence-electron chi connectivity index (χ1n) is 8.21. The van der Waals surface area contributed by atoms with Gasteiger partial charge in [0.25, 0.3) is 0 Å². The van der Waals surface area contributed by atoms with Crippen molar-refractivity contribution >= 4 is 40.9 Å². The quantitative estimate of drug-likeness (QED) is 0.542. The van der Waals surface area contributed by atoms with Crippen LogP contribution in [0.2, 0.25) is 0 Å². The number of nitrogens with one attached hydrogen (secondary N) is 3. The first-order chi connectivity index (χ1) is 12.6. The Morgan fingerprint density at radius 2 is 1.73 bits per heavy atom. The maximum absolute atomic E-state index is 11.9. The summed E-state index contributed by atoms with van der Waals surface area (Å²) in [7, 11) is 1.62. The second-order valence-corrected chi connectivity index (χ2v) is 5.97. The SMILES string of the molecule is CNC(=O)CCc1ccc(NC(=S)NC(=O)/C=C/c2ccccc2)cc1. The fraction of sp³-hybridized carbons (Fsp3) is 0.150. The van der Waals surface area contributed by atoms with Gasteiger partial charge in [-0.3, -0.25) is 14.9 Å². The van der Waals surface area contributed by atoms with Gasteiger partial charge in [0, 0.05) is 25.2 Å². The van der Waals surface area contributed by atoms with E-state index in [1.54, 1.807) is 13.1 Å². The Morgan fingerprint density at radius 3 is 2.38 bits per heavy atom. The van der Waals surface area contributed by atoms with E-state index < -0.39 is 0 Å². The smallest absolute Gasteiger partial charge is 0.250 e. The lowest BCUT2D eigenvalue weighted by atomic mass is 10.1. The highest BCUT2D eigenvalue weighted by Gasteiger charge is 2.03. The first kappa shape index (κ1) is 19.3. The van der Waals surface area contributed by atoms with Crippen molar-refractivity contribution in [2.45, 2.75) is 12.8 Å². The van der Waals surface area contributed by atoms with E-state index in [0.29, 0.717) is 12.8 Å². The van der Waals surface area contributed by atoms with Gasteiger partial charge in [-0.05, 0) is 48.0 Å². The molecule has 2 aromatic carbocycles. The van der Waals surface area contributed by atoms with E-state index in [9.17, 15) is 9.59 Å². The molecule has 0 radical (unpaired) electrons. The number of rotatable bonds is 6. The molecule has 26 heavy (non-hydrogen) atoms. The number of benzene rings is 2. The molecule has 0 fully saturated rings. The maximum atomic E-state index is 11.9. The monoisotopic (exact) mass is 367 g/mol. The number of anilines is 1. The van der Waals surface area contributed by atoms with E-state index in [4.69, 9.17) is 12.2 Å². The van der Waals surface area contributed by atoms with E-state index in [1.807, 2.05) is 54.6 Å². The number of thiocarbonyl (C=S) groups is 1. The van der Waals surface area contributed by atoms with Gasteiger partial charge in [0.2, 0.25) is 11.8 Å². The first-order valence-corrected chi connectivity index (χ1v) is 8.62. The van der Waals surface area contributed by atoms with Crippen LogP contribution >= 0.6 is 12.2 Å². The van der Waals surface area contributed by atoms with Crippen LogP contribution in [0.5, 0.6) is 0 Å². The lowest BCUT2D eigenvalue weighted by molar-refractivity contribution is -0.120. The predicted octanol–water partition coefficient (Wildman–Crippen LogP) is 2.89. The van der Waals surface area contributed by atoms with E-state index in [2.05, 4.69) is 16.0 Å². The van der Waals surface area contributed by atoms with E-state index in [-0.39, 0.29) is 16.9 Å². The van der Waals surface area contributed by atoms with Crippen molar-refractivity contribution in [3.8, 4) is 0 Å². The number of aryl methyl sites for hydroxylation is 1. The Balaban J connectivity index is 1.80. The Hall–Kier alpha value is -2.99. The van der Waals surface area contributed by atoms with Gasteiger partial charge in [0.1, 0.15) is 0 Å². The molecule has 2 amide bonds. The summed E-state index contributed by atoms with van der Waals surface area (Å²) in [6, 6.07) is 17.1. The van der Waals surface area contributed by atoms with Crippen molar-refractivity contribution < 1.29 is 9.59 Å². The van der Waals surface area contributed by atoms with Crippen molar-refractivity contribution in [2.24, 2.45) is 0 Å². The number of carbonyl (C=O) groups is 2. The summed E-state index contributed by atoms with van der Waals surface area (Å²) in [5.74, 6) is -0.284. The summed E-state index contributed by atoms with van der Waals surface area (Å²) in [4.78, 5) is 23.1. The molecule has 2 rings (SSSR count). The molecule has 3 N–H and O–H groups in total. The molecule has 0 heterocycles. The minimum absolute atomic E-state index is 0.0136. The molecular weight excluding hydrogens is 346 g/mol. The molecule has 0 saturated carbocycles. The molecule has 0 unspecified atom stereocenters. The van der Waals surface area contributed by atoms with Crippen LogP contribution in [0, 0.1) is 0 Å². The molecule has 0 saturated heterocycles. The third kappa shape index (κ3) is 6.86. The van der Waals surface area contributed by atoms with Crippen LogP contribution in [0.25, 0.3) is 6.08 Å². The van der Waals surface area contributed by atoms with Crippen LogP contribution in [0.4, 0.5) is 5.69 Å². The van der Waals surface area contributed by atoms with Crippen LogP contribution in [-0.2, 0) is 16.0 Å². The van der Waals surface area contributed by atoms with Crippen molar-refractivity contribution in [3.63, 3.8) is 0 Å². The average molecular weight is 367 g/mol. The lowest BCUT2D eigenvalue weighted by Crippen LogP contribution is -2.32. The van der Waals surface area contributed by atoms with Gasteiger partial charge in [-0.2, -0.15) is 0 Å². The van der Waals surface area contributed by atoms with Gasteiger partial charge < -0.3 is 10.6 Å². The second-order valence-electron chi connectivity index (χ2n) is 5.56. The van der Waals surface area contributed by atoms with E-state index in [0.717, 1.165) is 16.8 Å². The molecule has 0 aliphatic heterocycles. The minimum atomic E-state index is -0.298. The van der Waals surface area contributed by atoms with Gasteiger partial charge in [0.05, 0.1) is 0 Å². The van der Waals surface area contributed by atoms with Gasteiger partial charge in [-0.1, -0.05) is 42.5 Å². The molecule has 0 aliphatic rings. The number of hydrogen-bond acceptors (Lipinski definition) is 3. The predicted molar refractivity (Wildman–Crippen MR) is 109 cm³/mol. The highest BCUT2D eigenvalue weighted by Crippen LogP contribution is 2.11. The third-order valence-electron chi connectivity index (χ3n) is 3.59. The molecule has 0 bridgehead atoms. The zero-order valence-electron chi connectivity index (χ0n) is 14.5. The Kier molecular flexibility index (Phi) is 7.51. The van der Waals surface area contributed by atoms with Crippen LogP contribution in [0.15, 0.2) is 60.7 Å².